The van der Waals surface area contributed by atoms with Gasteiger partial charge < -0.3 is 4.74 Å². The van der Waals surface area contributed by atoms with Gasteiger partial charge in [0.25, 0.3) is 0 Å². The van der Waals surface area contributed by atoms with Crippen molar-refractivity contribution in [2.45, 2.75) is 13.8 Å². The summed E-state index contributed by atoms with van der Waals surface area (Å²) in [4.78, 5) is 11.2. The minimum absolute atomic E-state index is 0.343. The Morgan fingerprint density at radius 1 is 1.58 bits per heavy atom. The second-order valence-electron chi connectivity index (χ2n) is 2.32. The van der Waals surface area contributed by atoms with Crippen molar-refractivity contribution in [3.8, 4) is 0 Å². The molecule has 66 valence electrons. The Kier molecular flexibility index (Phi) is 4.77. The summed E-state index contributed by atoms with van der Waals surface area (Å²) in [6.07, 6.45) is 3.14. The molecule has 0 rings (SSSR count). The van der Waals surface area contributed by atoms with E-state index in [0.717, 1.165) is 0 Å². The summed E-state index contributed by atoms with van der Waals surface area (Å²) < 4.78 is 4.80. The number of carbonyl (C=O) groups excluding carboxylic acids is 1. The molecule has 0 aromatic rings. The van der Waals surface area contributed by atoms with Crippen LogP contribution in [0.25, 0.3) is 0 Å². The highest BCUT2D eigenvalue weighted by Gasteiger charge is 2.09. The van der Waals surface area contributed by atoms with E-state index in [1.54, 1.807) is 26.0 Å². The van der Waals surface area contributed by atoms with E-state index < -0.39 is 0 Å². The molecular weight excluding hydrogens is 152 g/mol. The van der Waals surface area contributed by atoms with Gasteiger partial charge in [-0.15, -0.1) is 0 Å². The molecule has 0 saturated heterocycles. The lowest BCUT2D eigenvalue weighted by Crippen LogP contribution is -2.07. The Morgan fingerprint density at radius 2 is 2.17 bits per heavy atom. The molecule has 0 amide bonds. The summed E-state index contributed by atoms with van der Waals surface area (Å²) >= 11 is 0. The average Bonchev–Trinajstić information content (AvgIpc) is 1.99. The first-order valence-corrected chi connectivity index (χ1v) is 3.79. The molecule has 0 aliphatic rings. The molecule has 0 aliphatic heterocycles. The molecule has 0 spiro atoms. The van der Waals surface area contributed by atoms with E-state index in [1.165, 1.54) is 0 Å². The van der Waals surface area contributed by atoms with Crippen molar-refractivity contribution < 1.29 is 9.53 Å². The Bertz CT molecular complexity index is 224. The van der Waals surface area contributed by atoms with E-state index in [1.807, 2.05) is 0 Å². The van der Waals surface area contributed by atoms with E-state index in [4.69, 9.17) is 4.74 Å². The molecule has 0 aromatic carbocycles. The Morgan fingerprint density at radius 3 is 2.50 bits per heavy atom. The second kappa shape index (κ2) is 5.35. The largest absolute Gasteiger partial charge is 0.462 e. The van der Waals surface area contributed by atoms with Crippen molar-refractivity contribution in [2.75, 3.05) is 6.61 Å². The molecule has 0 atom stereocenters. The first-order chi connectivity index (χ1) is 5.63. The Hall–Kier alpha value is -1.31. The van der Waals surface area contributed by atoms with E-state index in [0.29, 0.717) is 17.8 Å². The van der Waals surface area contributed by atoms with Crippen LogP contribution in [0.3, 0.4) is 0 Å². The SMILES string of the molecule is C=C/C=C(\C(=C)C)C(=O)OCC. The predicted molar refractivity (Wildman–Crippen MR) is 49.7 cm³/mol. The molecular formula is C10H14O2. The van der Waals surface area contributed by atoms with Crippen molar-refractivity contribution in [1.29, 1.82) is 0 Å². The van der Waals surface area contributed by atoms with Crippen LogP contribution in [0.4, 0.5) is 0 Å². The molecule has 0 fully saturated rings. The summed E-state index contributed by atoms with van der Waals surface area (Å²) in [6, 6.07) is 0. The van der Waals surface area contributed by atoms with Gasteiger partial charge in [-0.05, 0) is 25.5 Å². The van der Waals surface area contributed by atoms with Gasteiger partial charge in [-0.3, -0.25) is 0 Å². The molecule has 0 radical (unpaired) electrons. The van der Waals surface area contributed by atoms with Crippen LogP contribution in [0.15, 0.2) is 36.5 Å². The third-order valence-electron chi connectivity index (χ3n) is 1.24. The monoisotopic (exact) mass is 166 g/mol. The Labute approximate surface area is 73.2 Å². The molecule has 0 bridgehead atoms. The maximum atomic E-state index is 11.2. The van der Waals surface area contributed by atoms with E-state index in [9.17, 15) is 4.79 Å². The summed E-state index contributed by atoms with van der Waals surface area (Å²) in [7, 11) is 0. The fourth-order valence-electron chi connectivity index (χ4n) is 0.711. The number of carbonyl (C=O) groups is 1. The topological polar surface area (TPSA) is 26.3 Å². The van der Waals surface area contributed by atoms with Gasteiger partial charge in [0.2, 0.25) is 0 Å². The van der Waals surface area contributed by atoms with E-state index in [-0.39, 0.29) is 5.97 Å². The molecule has 0 N–H and O–H groups in total. The standard InChI is InChI=1S/C10H14O2/c1-5-7-9(8(3)4)10(11)12-6-2/h5,7H,1,3,6H2,2,4H3/b9-7+. The molecule has 0 heterocycles. The van der Waals surface area contributed by atoms with Crippen molar-refractivity contribution in [2.24, 2.45) is 0 Å². The number of rotatable bonds is 4. The van der Waals surface area contributed by atoms with Crippen LogP contribution < -0.4 is 0 Å². The minimum atomic E-state index is -0.343. The van der Waals surface area contributed by atoms with Crippen LogP contribution in [0, 0.1) is 0 Å². The van der Waals surface area contributed by atoms with Gasteiger partial charge >= 0.3 is 5.97 Å². The molecule has 0 aliphatic carbocycles. The van der Waals surface area contributed by atoms with Gasteiger partial charge in [0, 0.05) is 0 Å². The molecule has 0 aromatic heterocycles. The van der Waals surface area contributed by atoms with Crippen molar-refractivity contribution in [3.63, 3.8) is 0 Å². The fourth-order valence-corrected chi connectivity index (χ4v) is 0.711. The number of esters is 1. The van der Waals surface area contributed by atoms with E-state index >= 15 is 0 Å². The van der Waals surface area contributed by atoms with Crippen molar-refractivity contribution in [1.82, 2.24) is 0 Å². The third-order valence-corrected chi connectivity index (χ3v) is 1.24. The van der Waals surface area contributed by atoms with Crippen LogP contribution in [-0.4, -0.2) is 12.6 Å². The van der Waals surface area contributed by atoms with Crippen LogP contribution in [0.5, 0.6) is 0 Å². The van der Waals surface area contributed by atoms with Gasteiger partial charge in [0.05, 0.1) is 12.2 Å². The highest BCUT2D eigenvalue weighted by atomic mass is 16.5. The lowest BCUT2D eigenvalue weighted by Gasteiger charge is -2.04. The maximum Gasteiger partial charge on any atom is 0.338 e. The summed E-state index contributed by atoms with van der Waals surface area (Å²) in [5.41, 5.74) is 1.17. The molecule has 12 heavy (non-hydrogen) atoms. The Balaban J connectivity index is 4.52. The van der Waals surface area contributed by atoms with Crippen LogP contribution in [-0.2, 0) is 9.53 Å². The number of allylic oxidation sites excluding steroid dienone is 2. The normalized spacial score (nSPS) is 10.7. The number of hydrogen-bond donors (Lipinski definition) is 0. The highest BCUT2D eigenvalue weighted by Crippen LogP contribution is 2.08. The van der Waals surface area contributed by atoms with Crippen molar-refractivity contribution >= 4 is 5.97 Å². The summed E-state index contributed by atoms with van der Waals surface area (Å²) in [6.45, 7) is 11.1. The average molecular weight is 166 g/mol. The molecule has 0 saturated carbocycles. The zero-order chi connectivity index (χ0) is 9.56. The first-order valence-electron chi connectivity index (χ1n) is 3.79. The second-order valence-corrected chi connectivity index (χ2v) is 2.32. The molecule has 2 heteroatoms. The van der Waals surface area contributed by atoms with Gasteiger partial charge in [-0.25, -0.2) is 4.79 Å². The highest BCUT2D eigenvalue weighted by molar-refractivity contribution is 5.93. The summed E-state index contributed by atoms with van der Waals surface area (Å²) in [5.74, 6) is -0.343. The van der Waals surface area contributed by atoms with Gasteiger partial charge in [0.15, 0.2) is 0 Å². The number of hydrogen-bond acceptors (Lipinski definition) is 2. The fraction of sp³-hybridized carbons (Fsp3) is 0.300. The number of ether oxygens (including phenoxy) is 1. The third kappa shape index (κ3) is 3.19. The van der Waals surface area contributed by atoms with Gasteiger partial charge in [0.1, 0.15) is 0 Å². The van der Waals surface area contributed by atoms with Crippen LogP contribution >= 0.6 is 0 Å². The maximum absolute atomic E-state index is 11.2. The summed E-state index contributed by atoms with van der Waals surface area (Å²) in [5, 5.41) is 0. The predicted octanol–water partition coefficient (Wildman–Crippen LogP) is 2.24. The van der Waals surface area contributed by atoms with Gasteiger partial charge in [-0.2, -0.15) is 0 Å². The first kappa shape index (κ1) is 10.7. The quantitative estimate of drug-likeness (QED) is 0.363. The zero-order valence-electron chi connectivity index (χ0n) is 7.59. The zero-order valence-corrected chi connectivity index (χ0v) is 7.59. The van der Waals surface area contributed by atoms with E-state index in [2.05, 4.69) is 13.2 Å². The van der Waals surface area contributed by atoms with Crippen LogP contribution in [0.2, 0.25) is 0 Å². The molecule has 2 nitrogen and oxygen atoms in total. The molecule has 0 unspecified atom stereocenters. The smallest absolute Gasteiger partial charge is 0.338 e. The van der Waals surface area contributed by atoms with Crippen molar-refractivity contribution in [3.05, 3.63) is 36.5 Å². The lowest BCUT2D eigenvalue weighted by molar-refractivity contribution is -0.138. The van der Waals surface area contributed by atoms with Gasteiger partial charge in [-0.1, -0.05) is 19.2 Å². The van der Waals surface area contributed by atoms with Crippen LogP contribution in [0.1, 0.15) is 13.8 Å². The minimum Gasteiger partial charge on any atom is -0.462 e. The lowest BCUT2D eigenvalue weighted by atomic mass is 10.1.